The van der Waals surface area contributed by atoms with Gasteiger partial charge >= 0.3 is 0 Å². The second-order valence-corrected chi connectivity index (χ2v) is 7.65. The van der Waals surface area contributed by atoms with Crippen LogP contribution in [0.2, 0.25) is 0 Å². The Bertz CT molecular complexity index is 1230. The van der Waals surface area contributed by atoms with Gasteiger partial charge < -0.3 is 9.64 Å². The minimum Gasteiger partial charge on any atom is -0.482 e. The molecule has 7 heteroatoms. The number of hydrogen-bond acceptors (Lipinski definition) is 5. The first kappa shape index (κ1) is 18.4. The summed E-state index contributed by atoms with van der Waals surface area (Å²) in [5.41, 5.74) is 3.51. The molecule has 0 atom stereocenters. The molecule has 4 aromatic rings. The van der Waals surface area contributed by atoms with Crippen LogP contribution in [0.25, 0.3) is 22.0 Å². The maximum atomic E-state index is 14.2. The van der Waals surface area contributed by atoms with E-state index in [4.69, 9.17) is 9.72 Å². The Hall–Kier alpha value is -3.58. The van der Waals surface area contributed by atoms with Crippen molar-refractivity contribution in [3.8, 4) is 27.7 Å². The zero-order valence-corrected chi connectivity index (χ0v) is 16.6. The van der Waals surface area contributed by atoms with Gasteiger partial charge in [0.15, 0.2) is 6.61 Å². The topological polar surface area (TPSA) is 55.3 Å². The van der Waals surface area contributed by atoms with E-state index in [1.807, 2.05) is 41.8 Å². The molecule has 2 aromatic heterocycles. The van der Waals surface area contributed by atoms with Crippen molar-refractivity contribution in [3.05, 3.63) is 83.6 Å². The van der Waals surface area contributed by atoms with Gasteiger partial charge in [-0.25, -0.2) is 9.37 Å². The van der Waals surface area contributed by atoms with Crippen LogP contribution < -0.4 is 9.64 Å². The smallest absolute Gasteiger partial charge is 0.265 e. The Kier molecular flexibility index (Phi) is 4.72. The summed E-state index contributed by atoms with van der Waals surface area (Å²) in [6, 6.07) is 17.8. The predicted octanol–water partition coefficient (Wildman–Crippen LogP) is 4.94. The number of amides is 1. The van der Waals surface area contributed by atoms with Gasteiger partial charge in [-0.1, -0.05) is 24.3 Å². The van der Waals surface area contributed by atoms with Gasteiger partial charge in [0.05, 0.1) is 23.6 Å². The van der Waals surface area contributed by atoms with E-state index in [9.17, 15) is 9.18 Å². The fourth-order valence-corrected chi connectivity index (χ4v) is 4.15. The maximum Gasteiger partial charge on any atom is 0.265 e. The summed E-state index contributed by atoms with van der Waals surface area (Å²) in [6.07, 6.45) is 1.73. The molecule has 1 aliphatic heterocycles. The molecule has 1 amide bonds. The number of thiazole rings is 1. The minimum absolute atomic E-state index is 0.0681. The van der Waals surface area contributed by atoms with Crippen LogP contribution in [-0.4, -0.2) is 22.5 Å². The van der Waals surface area contributed by atoms with E-state index in [0.717, 1.165) is 22.0 Å². The number of hydrogen-bond donors (Lipinski definition) is 0. The van der Waals surface area contributed by atoms with E-state index >= 15 is 0 Å². The molecule has 3 heterocycles. The number of aromatic nitrogens is 2. The van der Waals surface area contributed by atoms with E-state index in [2.05, 4.69) is 4.98 Å². The predicted molar refractivity (Wildman–Crippen MR) is 114 cm³/mol. The van der Waals surface area contributed by atoms with Crippen molar-refractivity contribution in [1.29, 1.82) is 0 Å². The van der Waals surface area contributed by atoms with Gasteiger partial charge in [-0.15, -0.1) is 11.3 Å². The van der Waals surface area contributed by atoms with E-state index < -0.39 is 0 Å². The summed E-state index contributed by atoms with van der Waals surface area (Å²) < 4.78 is 19.8. The van der Waals surface area contributed by atoms with E-state index in [1.165, 1.54) is 17.4 Å². The summed E-state index contributed by atoms with van der Waals surface area (Å²) in [4.78, 5) is 23.2. The Labute approximate surface area is 176 Å². The van der Waals surface area contributed by atoms with E-state index in [0.29, 0.717) is 17.0 Å². The Morgan fingerprint density at radius 2 is 1.93 bits per heavy atom. The summed E-state index contributed by atoms with van der Waals surface area (Å²) >= 11 is 1.51. The highest BCUT2D eigenvalue weighted by Crippen LogP contribution is 2.38. The fraction of sp³-hybridized carbons (Fsp3) is 0.0870. The van der Waals surface area contributed by atoms with Crippen molar-refractivity contribution < 1.29 is 13.9 Å². The summed E-state index contributed by atoms with van der Waals surface area (Å²) in [6.45, 7) is 0.0723. The number of halogens is 1. The van der Waals surface area contributed by atoms with Crippen LogP contribution in [-0.2, 0) is 11.3 Å². The summed E-state index contributed by atoms with van der Waals surface area (Å²) in [7, 11) is 0. The standard InChI is InChI=1S/C23H16FN3O2S/c24-17-6-2-1-5-16(17)12-27-20-11-15(8-9-21(20)29-13-22(27)28)19-14-30-23(26-19)18-7-3-4-10-25-18/h1-11,14H,12-13H2. The maximum absolute atomic E-state index is 14.2. The van der Waals surface area contributed by atoms with Crippen LogP contribution in [0.3, 0.4) is 0 Å². The van der Waals surface area contributed by atoms with Crippen LogP contribution in [0, 0.1) is 5.82 Å². The molecule has 30 heavy (non-hydrogen) atoms. The zero-order chi connectivity index (χ0) is 20.5. The lowest BCUT2D eigenvalue weighted by Crippen LogP contribution is -2.38. The molecule has 0 fully saturated rings. The molecule has 0 N–H and O–H groups in total. The molecular formula is C23H16FN3O2S. The average molecular weight is 417 g/mol. The highest BCUT2D eigenvalue weighted by atomic mass is 32.1. The fourth-order valence-electron chi connectivity index (χ4n) is 3.35. The molecule has 2 aromatic carbocycles. The lowest BCUT2D eigenvalue weighted by Gasteiger charge is -2.30. The third-order valence-corrected chi connectivity index (χ3v) is 5.74. The van der Waals surface area contributed by atoms with Crippen molar-refractivity contribution in [1.82, 2.24) is 9.97 Å². The van der Waals surface area contributed by atoms with Crippen molar-refractivity contribution in [2.75, 3.05) is 11.5 Å². The van der Waals surface area contributed by atoms with Gasteiger partial charge in [-0.2, -0.15) is 0 Å². The largest absolute Gasteiger partial charge is 0.482 e. The second-order valence-electron chi connectivity index (χ2n) is 6.80. The lowest BCUT2D eigenvalue weighted by atomic mass is 10.1. The van der Waals surface area contributed by atoms with Crippen molar-refractivity contribution in [3.63, 3.8) is 0 Å². The van der Waals surface area contributed by atoms with Gasteiger partial charge in [0.2, 0.25) is 0 Å². The number of nitrogens with zero attached hydrogens (tertiary/aromatic N) is 3. The lowest BCUT2D eigenvalue weighted by molar-refractivity contribution is -0.121. The molecule has 5 nitrogen and oxygen atoms in total. The Morgan fingerprint density at radius 1 is 1.07 bits per heavy atom. The molecule has 0 spiro atoms. The third-order valence-electron chi connectivity index (χ3n) is 4.87. The number of anilines is 1. The quantitative estimate of drug-likeness (QED) is 0.472. The number of benzene rings is 2. The first-order valence-electron chi connectivity index (χ1n) is 9.37. The van der Waals surface area contributed by atoms with E-state index in [1.54, 1.807) is 29.3 Å². The minimum atomic E-state index is -0.339. The zero-order valence-electron chi connectivity index (χ0n) is 15.8. The Balaban J connectivity index is 1.50. The van der Waals surface area contributed by atoms with Crippen LogP contribution in [0.1, 0.15) is 5.56 Å². The molecule has 5 rings (SSSR count). The molecule has 148 valence electrons. The summed E-state index contributed by atoms with van der Waals surface area (Å²) in [5, 5.41) is 2.78. The van der Waals surface area contributed by atoms with Crippen molar-refractivity contribution >= 4 is 22.9 Å². The molecular weight excluding hydrogens is 401 g/mol. The average Bonchev–Trinajstić information content (AvgIpc) is 3.28. The Morgan fingerprint density at radius 3 is 2.77 bits per heavy atom. The first-order chi connectivity index (χ1) is 14.7. The second kappa shape index (κ2) is 7.68. The monoisotopic (exact) mass is 417 g/mol. The highest BCUT2D eigenvalue weighted by molar-refractivity contribution is 7.13. The van der Waals surface area contributed by atoms with Gasteiger partial charge in [0, 0.05) is 22.7 Å². The number of rotatable bonds is 4. The van der Waals surface area contributed by atoms with E-state index in [-0.39, 0.29) is 24.9 Å². The van der Waals surface area contributed by atoms with Gasteiger partial charge in [0.1, 0.15) is 16.6 Å². The molecule has 0 bridgehead atoms. The number of pyridine rings is 1. The molecule has 0 unspecified atom stereocenters. The molecule has 0 radical (unpaired) electrons. The van der Waals surface area contributed by atoms with Crippen molar-refractivity contribution in [2.24, 2.45) is 0 Å². The van der Waals surface area contributed by atoms with Crippen LogP contribution in [0.5, 0.6) is 5.75 Å². The first-order valence-corrected chi connectivity index (χ1v) is 10.2. The number of carbonyl (C=O) groups is 1. The van der Waals surface area contributed by atoms with Crippen molar-refractivity contribution in [2.45, 2.75) is 6.54 Å². The summed E-state index contributed by atoms with van der Waals surface area (Å²) in [5.74, 6) is 0.0409. The molecule has 0 saturated heterocycles. The third kappa shape index (κ3) is 3.44. The van der Waals surface area contributed by atoms with Gasteiger partial charge in [0.25, 0.3) is 5.91 Å². The van der Waals surface area contributed by atoms with Crippen LogP contribution >= 0.6 is 11.3 Å². The molecule has 0 saturated carbocycles. The van der Waals surface area contributed by atoms with Gasteiger partial charge in [-0.05, 0) is 36.4 Å². The van der Waals surface area contributed by atoms with Crippen LogP contribution in [0.4, 0.5) is 10.1 Å². The number of ether oxygens (including phenoxy) is 1. The number of carbonyl (C=O) groups excluding carboxylic acids is 1. The normalized spacial score (nSPS) is 13.1. The van der Waals surface area contributed by atoms with Gasteiger partial charge in [-0.3, -0.25) is 9.78 Å². The number of fused-ring (bicyclic) bond motifs is 1. The SMILES string of the molecule is O=C1COc2ccc(-c3csc(-c4ccccn4)n3)cc2N1Cc1ccccc1F. The highest BCUT2D eigenvalue weighted by Gasteiger charge is 2.27. The van der Waals surface area contributed by atoms with Crippen LogP contribution in [0.15, 0.2) is 72.2 Å². The molecule has 1 aliphatic rings. The molecule has 0 aliphatic carbocycles.